The summed E-state index contributed by atoms with van der Waals surface area (Å²) in [6.07, 6.45) is 3.30. The summed E-state index contributed by atoms with van der Waals surface area (Å²) in [7, 11) is 1.83. The fraction of sp³-hybridized carbons (Fsp3) is 0.0500. The zero-order chi connectivity index (χ0) is 17.2. The number of nitriles is 1. The Hall–Kier alpha value is -3.65. The Bertz CT molecular complexity index is 1080. The van der Waals surface area contributed by atoms with Crippen molar-refractivity contribution in [2.24, 2.45) is 7.05 Å². The predicted octanol–water partition coefficient (Wildman–Crippen LogP) is 4.30. The largest absolute Gasteiger partial charge is 0.457 e. The quantitative estimate of drug-likeness (QED) is 0.563. The van der Waals surface area contributed by atoms with E-state index in [9.17, 15) is 5.26 Å². The van der Waals surface area contributed by atoms with Gasteiger partial charge in [0.2, 0.25) is 0 Å². The summed E-state index contributed by atoms with van der Waals surface area (Å²) in [5, 5.41) is 14.7. The van der Waals surface area contributed by atoms with Crippen LogP contribution in [0.15, 0.2) is 67.0 Å². The predicted molar refractivity (Wildman–Crippen MR) is 95.2 cm³/mol. The monoisotopic (exact) mass is 326 g/mol. The first-order valence-corrected chi connectivity index (χ1v) is 7.80. The molecule has 0 aliphatic rings. The lowest BCUT2D eigenvalue weighted by atomic mass is 10.1. The average Bonchev–Trinajstić information content (AvgIpc) is 3.00. The summed E-state index contributed by atoms with van der Waals surface area (Å²) >= 11 is 0. The third-order valence-corrected chi connectivity index (χ3v) is 3.97. The number of ether oxygens (including phenoxy) is 1. The lowest BCUT2D eigenvalue weighted by Crippen LogP contribution is -1.92. The molecule has 0 radical (unpaired) electrons. The SMILES string of the molecule is Cn1nc(-c2ccc(Oc3ccccc3)cc2)c2cncc(C#N)c21. The van der Waals surface area contributed by atoms with Crippen molar-refractivity contribution < 1.29 is 4.74 Å². The van der Waals surface area contributed by atoms with E-state index in [0.29, 0.717) is 5.56 Å². The number of hydrogen-bond acceptors (Lipinski definition) is 4. The fourth-order valence-corrected chi connectivity index (χ4v) is 2.83. The van der Waals surface area contributed by atoms with Gasteiger partial charge in [0.1, 0.15) is 23.3 Å². The number of aryl methyl sites for hydroxylation is 1. The van der Waals surface area contributed by atoms with Crippen LogP contribution in [0.5, 0.6) is 11.5 Å². The van der Waals surface area contributed by atoms with E-state index in [1.54, 1.807) is 17.1 Å². The van der Waals surface area contributed by atoms with Gasteiger partial charge in [-0.2, -0.15) is 10.4 Å². The van der Waals surface area contributed by atoms with Crippen LogP contribution >= 0.6 is 0 Å². The van der Waals surface area contributed by atoms with E-state index in [0.717, 1.165) is 33.7 Å². The van der Waals surface area contributed by atoms with Gasteiger partial charge in [0, 0.05) is 30.4 Å². The second kappa shape index (κ2) is 6.10. The zero-order valence-corrected chi connectivity index (χ0v) is 13.5. The van der Waals surface area contributed by atoms with E-state index in [4.69, 9.17) is 4.74 Å². The van der Waals surface area contributed by atoms with Crippen LogP contribution in [-0.4, -0.2) is 14.8 Å². The van der Waals surface area contributed by atoms with Gasteiger partial charge in [-0.3, -0.25) is 9.67 Å². The molecule has 4 rings (SSSR count). The summed E-state index contributed by atoms with van der Waals surface area (Å²) in [6, 6.07) is 19.5. The third-order valence-electron chi connectivity index (χ3n) is 3.97. The van der Waals surface area contributed by atoms with Crippen molar-refractivity contribution in [2.75, 3.05) is 0 Å². The number of para-hydroxylation sites is 1. The van der Waals surface area contributed by atoms with Crippen molar-refractivity contribution in [3.63, 3.8) is 0 Å². The van der Waals surface area contributed by atoms with E-state index < -0.39 is 0 Å². The first kappa shape index (κ1) is 14.9. The minimum Gasteiger partial charge on any atom is -0.457 e. The summed E-state index contributed by atoms with van der Waals surface area (Å²) < 4.78 is 7.54. The first-order valence-electron chi connectivity index (χ1n) is 7.80. The van der Waals surface area contributed by atoms with E-state index >= 15 is 0 Å². The Kier molecular flexibility index (Phi) is 3.64. The number of nitrogens with zero attached hydrogens (tertiary/aromatic N) is 4. The molecule has 5 nitrogen and oxygen atoms in total. The van der Waals surface area contributed by atoms with E-state index in [1.165, 1.54) is 0 Å². The Balaban J connectivity index is 1.71. The smallest absolute Gasteiger partial charge is 0.127 e. The Morgan fingerprint density at radius 3 is 2.40 bits per heavy atom. The molecule has 0 bridgehead atoms. The van der Waals surface area contributed by atoms with E-state index in [-0.39, 0.29) is 0 Å². The van der Waals surface area contributed by atoms with Crippen molar-refractivity contribution in [2.45, 2.75) is 0 Å². The highest BCUT2D eigenvalue weighted by Gasteiger charge is 2.14. The van der Waals surface area contributed by atoms with Crippen LogP contribution in [0, 0.1) is 11.3 Å². The van der Waals surface area contributed by atoms with Crippen molar-refractivity contribution in [3.8, 4) is 28.8 Å². The Morgan fingerprint density at radius 2 is 1.68 bits per heavy atom. The van der Waals surface area contributed by atoms with Gasteiger partial charge in [-0.1, -0.05) is 18.2 Å². The van der Waals surface area contributed by atoms with Crippen LogP contribution < -0.4 is 4.74 Å². The first-order chi connectivity index (χ1) is 12.3. The number of benzene rings is 2. The molecule has 5 heteroatoms. The highest BCUT2D eigenvalue weighted by Crippen LogP contribution is 2.30. The van der Waals surface area contributed by atoms with E-state index in [1.807, 2.05) is 61.6 Å². The molecule has 0 unspecified atom stereocenters. The number of hydrogen-bond donors (Lipinski definition) is 0. The minimum absolute atomic E-state index is 0.516. The summed E-state index contributed by atoms with van der Waals surface area (Å²) in [5.74, 6) is 1.55. The van der Waals surface area contributed by atoms with Crippen molar-refractivity contribution in [1.29, 1.82) is 5.26 Å². The Morgan fingerprint density at radius 1 is 0.960 bits per heavy atom. The van der Waals surface area contributed by atoms with Crippen molar-refractivity contribution >= 4 is 10.9 Å². The number of pyridine rings is 1. The van der Waals surface area contributed by atoms with Crippen molar-refractivity contribution in [3.05, 3.63) is 72.6 Å². The van der Waals surface area contributed by atoms with E-state index in [2.05, 4.69) is 16.2 Å². The normalized spacial score (nSPS) is 10.6. The van der Waals surface area contributed by atoms with Crippen LogP contribution in [0.1, 0.15) is 5.56 Å². The maximum atomic E-state index is 9.27. The van der Waals surface area contributed by atoms with Gasteiger partial charge in [-0.05, 0) is 36.4 Å². The fourth-order valence-electron chi connectivity index (χ4n) is 2.83. The molecule has 0 N–H and O–H groups in total. The maximum absolute atomic E-state index is 9.27. The van der Waals surface area contributed by atoms with Gasteiger partial charge >= 0.3 is 0 Å². The standard InChI is InChI=1S/C20H14N4O/c1-24-20-15(11-21)12-22-13-18(20)19(23-24)14-7-9-17(10-8-14)25-16-5-3-2-4-6-16/h2-10,12-13H,1H3. The molecule has 0 amide bonds. The molecule has 120 valence electrons. The summed E-state index contributed by atoms with van der Waals surface area (Å²) in [6.45, 7) is 0. The topological polar surface area (TPSA) is 63.7 Å². The summed E-state index contributed by atoms with van der Waals surface area (Å²) in [4.78, 5) is 4.16. The molecule has 2 aromatic heterocycles. The van der Waals surface area contributed by atoms with Gasteiger partial charge in [0.25, 0.3) is 0 Å². The molecule has 2 aromatic carbocycles. The molecule has 0 atom stereocenters. The van der Waals surface area contributed by atoms with Gasteiger partial charge in [0.15, 0.2) is 0 Å². The molecule has 25 heavy (non-hydrogen) atoms. The molecule has 0 saturated carbocycles. The number of aromatic nitrogens is 3. The van der Waals surface area contributed by atoms with Gasteiger partial charge in [0.05, 0.1) is 11.1 Å². The van der Waals surface area contributed by atoms with Crippen LogP contribution in [0.2, 0.25) is 0 Å². The molecule has 4 aromatic rings. The lowest BCUT2D eigenvalue weighted by molar-refractivity contribution is 0.483. The van der Waals surface area contributed by atoms with Gasteiger partial charge in [-0.15, -0.1) is 0 Å². The van der Waals surface area contributed by atoms with Gasteiger partial charge < -0.3 is 4.74 Å². The third kappa shape index (κ3) is 2.70. The molecule has 0 spiro atoms. The van der Waals surface area contributed by atoms with Gasteiger partial charge in [-0.25, -0.2) is 0 Å². The van der Waals surface area contributed by atoms with Crippen LogP contribution in [0.3, 0.4) is 0 Å². The molecule has 0 aliphatic carbocycles. The maximum Gasteiger partial charge on any atom is 0.127 e. The van der Waals surface area contributed by atoms with Crippen LogP contribution in [0.25, 0.3) is 22.2 Å². The zero-order valence-electron chi connectivity index (χ0n) is 13.5. The number of rotatable bonds is 3. The summed E-state index contributed by atoms with van der Waals surface area (Å²) in [5.41, 5.74) is 3.05. The van der Waals surface area contributed by atoms with Crippen LogP contribution in [0.4, 0.5) is 0 Å². The highest BCUT2D eigenvalue weighted by molar-refractivity contribution is 5.95. The van der Waals surface area contributed by atoms with Crippen molar-refractivity contribution in [1.82, 2.24) is 14.8 Å². The molecule has 0 aliphatic heterocycles. The second-order valence-corrected chi connectivity index (χ2v) is 5.61. The second-order valence-electron chi connectivity index (χ2n) is 5.61. The minimum atomic E-state index is 0.516. The molecule has 2 heterocycles. The molecule has 0 fully saturated rings. The van der Waals surface area contributed by atoms with Crippen LogP contribution in [-0.2, 0) is 7.05 Å². The average molecular weight is 326 g/mol. The number of fused-ring (bicyclic) bond motifs is 1. The molecular weight excluding hydrogens is 312 g/mol. The Labute approximate surface area is 144 Å². The molecular formula is C20H14N4O. The lowest BCUT2D eigenvalue weighted by Gasteiger charge is -2.06. The molecule has 0 saturated heterocycles. The highest BCUT2D eigenvalue weighted by atomic mass is 16.5.